The molecule has 1 aliphatic carbocycles. The normalized spacial score (nSPS) is 24.6. The predicted octanol–water partition coefficient (Wildman–Crippen LogP) is 2.43. The van der Waals surface area contributed by atoms with Crippen molar-refractivity contribution >= 4 is 0 Å². The van der Waals surface area contributed by atoms with Gasteiger partial charge in [-0.05, 0) is 71.2 Å². The molecule has 0 amide bonds. The van der Waals surface area contributed by atoms with E-state index >= 15 is 0 Å². The van der Waals surface area contributed by atoms with Crippen molar-refractivity contribution in [1.29, 1.82) is 0 Å². The van der Waals surface area contributed by atoms with Crippen molar-refractivity contribution in [1.82, 2.24) is 15.1 Å². The first-order valence-electron chi connectivity index (χ1n) is 8.79. The Balaban J connectivity index is 1.74. The third-order valence-corrected chi connectivity index (χ3v) is 5.22. The van der Waals surface area contributed by atoms with E-state index in [4.69, 9.17) is 0 Å². The van der Waals surface area contributed by atoms with Crippen LogP contribution in [0.15, 0.2) is 0 Å². The molecular weight excluding hydrogens is 246 g/mol. The van der Waals surface area contributed by atoms with E-state index in [-0.39, 0.29) is 0 Å². The van der Waals surface area contributed by atoms with Crippen LogP contribution in [0, 0.1) is 11.8 Å². The molecule has 20 heavy (non-hydrogen) atoms. The smallest absolute Gasteiger partial charge is 0.0223 e. The van der Waals surface area contributed by atoms with Gasteiger partial charge >= 0.3 is 0 Å². The van der Waals surface area contributed by atoms with Crippen molar-refractivity contribution < 1.29 is 0 Å². The van der Waals surface area contributed by atoms with E-state index in [0.717, 1.165) is 24.4 Å². The van der Waals surface area contributed by atoms with Gasteiger partial charge in [-0.25, -0.2) is 0 Å². The summed E-state index contributed by atoms with van der Waals surface area (Å²) < 4.78 is 0. The van der Waals surface area contributed by atoms with Gasteiger partial charge in [0.2, 0.25) is 0 Å². The van der Waals surface area contributed by atoms with Crippen molar-refractivity contribution in [3.05, 3.63) is 0 Å². The van der Waals surface area contributed by atoms with Crippen LogP contribution in [0.25, 0.3) is 0 Å². The average Bonchev–Trinajstić information content (AvgIpc) is 2.94. The molecule has 0 aromatic rings. The molecule has 2 aliphatic rings. The second kappa shape index (κ2) is 8.35. The zero-order chi connectivity index (χ0) is 14.4. The molecule has 1 saturated heterocycles. The Hall–Kier alpha value is -0.120. The lowest BCUT2D eigenvalue weighted by Gasteiger charge is -2.37. The van der Waals surface area contributed by atoms with Gasteiger partial charge < -0.3 is 15.1 Å². The fraction of sp³-hybridized carbons (Fsp3) is 1.00. The van der Waals surface area contributed by atoms with Crippen LogP contribution in [0.1, 0.15) is 45.4 Å². The quantitative estimate of drug-likeness (QED) is 0.773. The Morgan fingerprint density at radius 1 is 1.10 bits per heavy atom. The summed E-state index contributed by atoms with van der Waals surface area (Å²) in [6.07, 6.45) is 8.60. The van der Waals surface area contributed by atoms with Crippen molar-refractivity contribution in [3.63, 3.8) is 0 Å². The van der Waals surface area contributed by atoms with Crippen LogP contribution in [0.4, 0.5) is 0 Å². The highest BCUT2D eigenvalue weighted by molar-refractivity contribution is 4.85. The van der Waals surface area contributed by atoms with Crippen molar-refractivity contribution in [2.75, 3.05) is 46.8 Å². The van der Waals surface area contributed by atoms with E-state index in [0.29, 0.717) is 0 Å². The number of nitrogens with zero attached hydrogens (tertiary/aromatic N) is 2. The van der Waals surface area contributed by atoms with Gasteiger partial charge in [-0.3, -0.25) is 0 Å². The molecule has 1 atom stereocenters. The Morgan fingerprint density at radius 3 is 2.30 bits per heavy atom. The molecule has 1 unspecified atom stereocenters. The molecular formula is C17H35N3. The summed E-state index contributed by atoms with van der Waals surface area (Å²) in [6.45, 7) is 8.56. The topological polar surface area (TPSA) is 18.5 Å². The zero-order valence-electron chi connectivity index (χ0n) is 13.9. The predicted molar refractivity (Wildman–Crippen MR) is 87.1 cm³/mol. The minimum Gasteiger partial charge on any atom is -0.313 e. The number of piperidine rings is 1. The zero-order valence-corrected chi connectivity index (χ0v) is 13.9. The van der Waals surface area contributed by atoms with Gasteiger partial charge in [0, 0.05) is 19.1 Å². The maximum absolute atomic E-state index is 3.77. The summed E-state index contributed by atoms with van der Waals surface area (Å²) in [5.41, 5.74) is 0. The second-order valence-corrected chi connectivity index (χ2v) is 7.21. The fourth-order valence-electron chi connectivity index (χ4n) is 4.15. The van der Waals surface area contributed by atoms with Crippen LogP contribution >= 0.6 is 0 Å². The maximum Gasteiger partial charge on any atom is 0.0223 e. The third-order valence-electron chi connectivity index (χ3n) is 5.22. The number of hydrogen-bond donors (Lipinski definition) is 1. The maximum atomic E-state index is 3.77. The molecule has 0 spiro atoms. The molecule has 0 aromatic carbocycles. The molecule has 1 N–H and O–H groups in total. The third kappa shape index (κ3) is 5.01. The van der Waals surface area contributed by atoms with E-state index in [1.54, 1.807) is 0 Å². The van der Waals surface area contributed by atoms with Gasteiger partial charge in [-0.2, -0.15) is 0 Å². The summed E-state index contributed by atoms with van der Waals surface area (Å²) in [7, 11) is 4.40. The highest BCUT2D eigenvalue weighted by Gasteiger charge is 2.27. The standard InChI is InChI=1S/C17H35N3/c1-4-18-17(16-7-5-6-8-16)14-20-11-9-15(10-12-20)13-19(2)3/h15-18H,4-14H2,1-3H3. The molecule has 1 heterocycles. The van der Waals surface area contributed by atoms with Gasteiger partial charge in [0.15, 0.2) is 0 Å². The summed E-state index contributed by atoms with van der Waals surface area (Å²) in [5.74, 6) is 1.86. The molecule has 1 aliphatic heterocycles. The molecule has 1 saturated carbocycles. The first-order valence-corrected chi connectivity index (χ1v) is 8.79. The summed E-state index contributed by atoms with van der Waals surface area (Å²) in [6, 6.07) is 0.743. The Bertz CT molecular complexity index is 253. The molecule has 2 fully saturated rings. The highest BCUT2D eigenvalue weighted by atomic mass is 15.2. The van der Waals surface area contributed by atoms with Gasteiger partial charge in [-0.1, -0.05) is 19.8 Å². The van der Waals surface area contributed by atoms with Crippen molar-refractivity contribution in [3.8, 4) is 0 Å². The lowest BCUT2D eigenvalue weighted by Crippen LogP contribution is -2.47. The Morgan fingerprint density at radius 2 is 1.75 bits per heavy atom. The molecule has 0 aromatic heterocycles. The summed E-state index contributed by atoms with van der Waals surface area (Å²) in [5, 5.41) is 3.77. The van der Waals surface area contributed by atoms with Gasteiger partial charge in [0.05, 0.1) is 0 Å². The monoisotopic (exact) mass is 281 g/mol. The molecule has 2 rings (SSSR count). The van der Waals surface area contributed by atoms with Crippen LogP contribution in [0.2, 0.25) is 0 Å². The first kappa shape index (κ1) is 16.3. The van der Waals surface area contributed by atoms with Crippen LogP contribution in [0.5, 0.6) is 0 Å². The lowest BCUT2D eigenvalue weighted by atomic mass is 9.93. The highest BCUT2D eigenvalue weighted by Crippen LogP contribution is 2.29. The van der Waals surface area contributed by atoms with Crippen molar-refractivity contribution in [2.24, 2.45) is 11.8 Å². The molecule has 118 valence electrons. The molecule has 0 bridgehead atoms. The average molecular weight is 281 g/mol. The Kier molecular flexibility index (Phi) is 6.79. The largest absolute Gasteiger partial charge is 0.313 e. The SMILES string of the molecule is CCNC(CN1CCC(CN(C)C)CC1)C1CCCC1. The van der Waals surface area contributed by atoms with E-state index < -0.39 is 0 Å². The summed E-state index contributed by atoms with van der Waals surface area (Å²) in [4.78, 5) is 5.07. The van der Waals surface area contributed by atoms with Crippen molar-refractivity contribution in [2.45, 2.75) is 51.5 Å². The number of hydrogen-bond acceptors (Lipinski definition) is 3. The number of likely N-dealkylation sites (N-methyl/N-ethyl adjacent to an activating group) is 1. The minimum absolute atomic E-state index is 0.743. The van der Waals surface area contributed by atoms with E-state index in [9.17, 15) is 0 Å². The molecule has 3 nitrogen and oxygen atoms in total. The van der Waals surface area contributed by atoms with E-state index in [1.165, 1.54) is 64.7 Å². The minimum atomic E-state index is 0.743. The number of likely N-dealkylation sites (tertiary alicyclic amines) is 1. The lowest BCUT2D eigenvalue weighted by molar-refractivity contribution is 0.138. The first-order chi connectivity index (χ1) is 9.69. The van der Waals surface area contributed by atoms with Gasteiger partial charge in [0.25, 0.3) is 0 Å². The van der Waals surface area contributed by atoms with Crippen LogP contribution in [-0.2, 0) is 0 Å². The van der Waals surface area contributed by atoms with Crippen LogP contribution in [-0.4, -0.2) is 62.7 Å². The van der Waals surface area contributed by atoms with Crippen LogP contribution < -0.4 is 5.32 Å². The number of nitrogens with one attached hydrogen (secondary N) is 1. The second-order valence-electron chi connectivity index (χ2n) is 7.21. The number of rotatable bonds is 7. The van der Waals surface area contributed by atoms with E-state index in [2.05, 4.69) is 36.1 Å². The molecule has 3 heteroatoms. The van der Waals surface area contributed by atoms with Crippen LogP contribution in [0.3, 0.4) is 0 Å². The van der Waals surface area contributed by atoms with Gasteiger partial charge in [-0.15, -0.1) is 0 Å². The Labute approximate surface area is 126 Å². The summed E-state index contributed by atoms with van der Waals surface area (Å²) >= 11 is 0. The van der Waals surface area contributed by atoms with E-state index in [1.807, 2.05) is 0 Å². The fourth-order valence-corrected chi connectivity index (χ4v) is 4.15. The van der Waals surface area contributed by atoms with Gasteiger partial charge in [0.1, 0.15) is 0 Å². The molecule has 0 radical (unpaired) electrons.